The molecule has 4 rings (SSSR count). The van der Waals surface area contributed by atoms with Crippen LogP contribution in [-0.4, -0.2) is 31.6 Å². The lowest BCUT2D eigenvalue weighted by Gasteiger charge is -2.25. The molecule has 0 fully saturated rings. The number of nitrogens with two attached hydrogens (primary N) is 1. The van der Waals surface area contributed by atoms with Crippen molar-refractivity contribution in [3.63, 3.8) is 0 Å². The molecule has 1 aliphatic heterocycles. The minimum absolute atomic E-state index is 0.00501. The summed E-state index contributed by atoms with van der Waals surface area (Å²) in [6.07, 6.45) is 2.08. The highest BCUT2D eigenvalue weighted by molar-refractivity contribution is 6.13. The molecule has 0 saturated carbocycles. The molecule has 0 radical (unpaired) electrons. The van der Waals surface area contributed by atoms with Crippen molar-refractivity contribution in [1.29, 1.82) is 0 Å². The summed E-state index contributed by atoms with van der Waals surface area (Å²) < 4.78 is 18.7. The number of fused-ring (bicyclic) bond motifs is 1. The number of methoxy groups -OCH3 is 3. The molecule has 0 amide bonds. The monoisotopic (exact) mass is 377 g/mol. The van der Waals surface area contributed by atoms with E-state index >= 15 is 0 Å². The van der Waals surface area contributed by atoms with Gasteiger partial charge in [-0.25, -0.2) is 0 Å². The number of benzene rings is 2. The summed E-state index contributed by atoms with van der Waals surface area (Å²) in [5.74, 6) is 1.77. The average Bonchev–Trinajstić information content (AvgIpc) is 3.21. The van der Waals surface area contributed by atoms with Crippen molar-refractivity contribution in [2.45, 2.75) is 12.6 Å². The van der Waals surface area contributed by atoms with Crippen molar-refractivity contribution in [3.05, 3.63) is 71.5 Å². The smallest absolute Gasteiger partial charge is 0.203 e. The van der Waals surface area contributed by atoms with Crippen LogP contribution in [0.2, 0.25) is 0 Å². The van der Waals surface area contributed by atoms with Gasteiger partial charge < -0.3 is 24.5 Å². The van der Waals surface area contributed by atoms with Crippen molar-refractivity contribution in [2.75, 3.05) is 27.1 Å². The summed E-state index contributed by atoms with van der Waals surface area (Å²) in [5.41, 5.74) is 10.6. The lowest BCUT2D eigenvalue weighted by Crippen LogP contribution is -2.21. The van der Waals surface area contributed by atoms with E-state index in [-0.39, 0.29) is 6.04 Å². The third-order valence-electron chi connectivity index (χ3n) is 4.99. The maximum Gasteiger partial charge on any atom is 0.203 e. The summed E-state index contributed by atoms with van der Waals surface area (Å²) in [5, 5.41) is 0. The van der Waals surface area contributed by atoms with Crippen LogP contribution in [0.5, 0.6) is 17.2 Å². The fourth-order valence-corrected chi connectivity index (χ4v) is 3.58. The predicted octanol–water partition coefficient (Wildman–Crippen LogP) is 3.69. The number of ether oxygens (including phenoxy) is 3. The molecule has 0 aliphatic carbocycles. The molecule has 1 aliphatic rings. The van der Waals surface area contributed by atoms with E-state index in [0.717, 1.165) is 34.8 Å². The van der Waals surface area contributed by atoms with E-state index in [1.807, 2.05) is 42.5 Å². The van der Waals surface area contributed by atoms with Crippen LogP contribution in [-0.2, 0) is 6.54 Å². The molecule has 3 aromatic rings. The number of hydrogen-bond acceptors (Lipinski definition) is 5. The Morgan fingerprint density at radius 2 is 1.64 bits per heavy atom. The molecule has 1 aromatic heterocycles. The first-order chi connectivity index (χ1) is 13.6. The highest BCUT2D eigenvalue weighted by atomic mass is 16.5. The first-order valence-corrected chi connectivity index (χ1v) is 9.03. The van der Waals surface area contributed by atoms with E-state index in [4.69, 9.17) is 24.9 Å². The van der Waals surface area contributed by atoms with Crippen LogP contribution < -0.4 is 19.9 Å². The second kappa shape index (κ2) is 7.31. The van der Waals surface area contributed by atoms with Gasteiger partial charge in [-0.15, -0.1) is 0 Å². The van der Waals surface area contributed by atoms with Crippen LogP contribution in [0, 0.1) is 0 Å². The van der Waals surface area contributed by atoms with E-state index in [1.54, 1.807) is 21.3 Å². The Kier molecular flexibility index (Phi) is 4.69. The minimum Gasteiger partial charge on any atom is -0.493 e. The van der Waals surface area contributed by atoms with Crippen LogP contribution in [0.15, 0.2) is 59.7 Å². The Morgan fingerprint density at radius 3 is 2.25 bits per heavy atom. The van der Waals surface area contributed by atoms with Gasteiger partial charge in [-0.05, 0) is 42.0 Å². The Balaban J connectivity index is 1.85. The molecule has 0 spiro atoms. The maximum absolute atomic E-state index is 5.85. The fraction of sp³-hybridized carbons (Fsp3) is 0.227. The maximum atomic E-state index is 5.85. The van der Waals surface area contributed by atoms with Gasteiger partial charge in [-0.1, -0.05) is 12.1 Å². The van der Waals surface area contributed by atoms with Gasteiger partial charge in [-0.2, -0.15) is 0 Å². The summed E-state index contributed by atoms with van der Waals surface area (Å²) in [4.78, 5) is 5.07. The zero-order chi connectivity index (χ0) is 19.7. The summed E-state index contributed by atoms with van der Waals surface area (Å²) in [6, 6.07) is 15.9. The fourth-order valence-electron chi connectivity index (χ4n) is 3.58. The van der Waals surface area contributed by atoms with Crippen molar-refractivity contribution in [2.24, 2.45) is 4.99 Å². The first kappa shape index (κ1) is 18.0. The van der Waals surface area contributed by atoms with E-state index in [1.165, 1.54) is 0 Å². The van der Waals surface area contributed by atoms with Gasteiger partial charge in [0.25, 0.3) is 0 Å². The number of hydrogen-bond donors (Lipinski definition) is 1. The predicted molar refractivity (Wildman–Crippen MR) is 110 cm³/mol. The van der Waals surface area contributed by atoms with Gasteiger partial charge >= 0.3 is 0 Å². The largest absolute Gasteiger partial charge is 0.493 e. The number of aromatic nitrogens is 1. The van der Waals surface area contributed by atoms with Gasteiger partial charge in [0.15, 0.2) is 11.5 Å². The normalized spacial score (nSPS) is 15.5. The Labute approximate surface area is 164 Å². The van der Waals surface area contributed by atoms with Crippen LogP contribution in [0.4, 0.5) is 5.69 Å². The van der Waals surface area contributed by atoms with Gasteiger partial charge in [0.2, 0.25) is 5.75 Å². The molecule has 6 heteroatoms. The standard InChI is InChI=1S/C22H23N3O3/c1-26-19-11-15(12-20(27-2)22(19)28-3)21-18-5-4-10-25(18)13-17(24-21)14-6-8-16(23)9-7-14/h4-12,17H,13,23H2,1-3H3. The number of nitrogen functional groups attached to an aromatic ring is 1. The summed E-state index contributed by atoms with van der Waals surface area (Å²) >= 11 is 0. The average molecular weight is 377 g/mol. The van der Waals surface area contributed by atoms with Gasteiger partial charge in [-0.3, -0.25) is 4.99 Å². The molecule has 0 bridgehead atoms. The number of aliphatic imine (C=N–C) groups is 1. The topological polar surface area (TPSA) is 71.0 Å². The molecule has 1 atom stereocenters. The molecular weight excluding hydrogens is 354 g/mol. The zero-order valence-electron chi connectivity index (χ0n) is 16.2. The van der Waals surface area contributed by atoms with Gasteiger partial charge in [0.05, 0.1) is 38.8 Å². The van der Waals surface area contributed by atoms with Crippen LogP contribution in [0.3, 0.4) is 0 Å². The van der Waals surface area contributed by atoms with Crippen LogP contribution in [0.25, 0.3) is 0 Å². The van der Waals surface area contributed by atoms with Crippen molar-refractivity contribution < 1.29 is 14.2 Å². The number of anilines is 1. The molecule has 0 saturated heterocycles. The minimum atomic E-state index is -0.00501. The van der Waals surface area contributed by atoms with Gasteiger partial charge in [0, 0.05) is 24.0 Å². The number of nitrogens with zero attached hydrogens (tertiary/aromatic N) is 2. The molecule has 28 heavy (non-hydrogen) atoms. The third kappa shape index (κ3) is 3.07. The van der Waals surface area contributed by atoms with E-state index in [0.29, 0.717) is 17.2 Å². The van der Waals surface area contributed by atoms with Crippen molar-refractivity contribution >= 4 is 11.4 Å². The SMILES string of the molecule is COc1cc(C2=NC(c3ccc(N)cc3)Cn3cccc32)cc(OC)c1OC. The second-order valence-corrected chi connectivity index (χ2v) is 6.62. The molecule has 1 unspecified atom stereocenters. The van der Waals surface area contributed by atoms with Gasteiger partial charge in [0.1, 0.15) is 0 Å². The third-order valence-corrected chi connectivity index (χ3v) is 4.99. The lowest BCUT2D eigenvalue weighted by molar-refractivity contribution is 0.324. The van der Waals surface area contributed by atoms with E-state index in [2.05, 4.69) is 16.8 Å². The van der Waals surface area contributed by atoms with Crippen molar-refractivity contribution in [1.82, 2.24) is 4.57 Å². The quantitative estimate of drug-likeness (QED) is 0.689. The number of rotatable bonds is 5. The summed E-state index contributed by atoms with van der Waals surface area (Å²) in [7, 11) is 4.83. The lowest BCUT2D eigenvalue weighted by atomic mass is 10.0. The Morgan fingerprint density at radius 1 is 0.964 bits per heavy atom. The Hall–Kier alpha value is -3.41. The molecular formula is C22H23N3O3. The zero-order valence-corrected chi connectivity index (χ0v) is 16.2. The van der Waals surface area contributed by atoms with E-state index < -0.39 is 0 Å². The molecule has 2 heterocycles. The van der Waals surface area contributed by atoms with Crippen molar-refractivity contribution in [3.8, 4) is 17.2 Å². The summed E-state index contributed by atoms with van der Waals surface area (Å²) in [6.45, 7) is 0.778. The van der Waals surface area contributed by atoms with Crippen LogP contribution in [0.1, 0.15) is 22.9 Å². The van der Waals surface area contributed by atoms with Crippen LogP contribution >= 0.6 is 0 Å². The highest BCUT2D eigenvalue weighted by Crippen LogP contribution is 2.40. The Bertz CT molecular complexity index is 997. The molecule has 2 aromatic carbocycles. The second-order valence-electron chi connectivity index (χ2n) is 6.62. The first-order valence-electron chi connectivity index (χ1n) is 9.03. The molecule has 2 N–H and O–H groups in total. The van der Waals surface area contributed by atoms with E-state index in [9.17, 15) is 0 Å². The highest BCUT2D eigenvalue weighted by Gasteiger charge is 2.25. The molecule has 6 nitrogen and oxygen atoms in total. The molecule has 144 valence electrons.